The molecule has 43 heavy (non-hydrogen) atoms. The Labute approximate surface area is 260 Å². The van der Waals surface area contributed by atoms with E-state index in [-0.39, 0.29) is 29.4 Å². The lowest BCUT2D eigenvalue weighted by Crippen LogP contribution is -2.42. The maximum absolute atomic E-state index is 13.9. The molecule has 11 heteroatoms. The minimum absolute atomic E-state index is 0.155. The molecule has 0 fully saturated rings. The number of methoxy groups -OCH3 is 2. The number of thioether (sulfide) groups is 1. The molecule has 0 spiro atoms. The predicted octanol–water partition coefficient (Wildman–Crippen LogP) is 5.72. The molecule has 1 aliphatic rings. The molecule has 224 valence electrons. The third-order valence-corrected chi connectivity index (χ3v) is 8.57. The lowest BCUT2D eigenvalue weighted by molar-refractivity contribution is -0.123. The van der Waals surface area contributed by atoms with Crippen molar-refractivity contribution in [1.29, 1.82) is 0 Å². The van der Waals surface area contributed by atoms with Gasteiger partial charge in [0.2, 0.25) is 11.8 Å². The van der Waals surface area contributed by atoms with Gasteiger partial charge in [0, 0.05) is 34.9 Å². The van der Waals surface area contributed by atoms with Crippen LogP contribution in [0.1, 0.15) is 48.4 Å². The molecule has 9 nitrogen and oxygen atoms in total. The molecule has 1 atom stereocenters. The number of hydrogen-bond donors (Lipinski definition) is 1. The van der Waals surface area contributed by atoms with Gasteiger partial charge in [0.15, 0.2) is 11.5 Å². The average Bonchev–Trinajstić information content (AvgIpc) is 3.34. The summed E-state index contributed by atoms with van der Waals surface area (Å²) in [5.74, 6) is 1.40. The fourth-order valence-corrected chi connectivity index (χ4v) is 6.42. The number of halogens is 1. The molecule has 0 saturated heterocycles. The zero-order valence-electron chi connectivity index (χ0n) is 24.8. The van der Waals surface area contributed by atoms with Crippen LogP contribution in [-0.4, -0.2) is 53.1 Å². The number of hydrogen-bond acceptors (Lipinski definition) is 7. The van der Waals surface area contributed by atoms with Crippen LogP contribution < -0.4 is 19.7 Å². The molecule has 0 bridgehead atoms. The van der Waals surface area contributed by atoms with E-state index in [4.69, 9.17) is 26.2 Å². The number of ether oxygens (including phenoxy) is 2. The Bertz CT molecular complexity index is 1640. The van der Waals surface area contributed by atoms with Crippen molar-refractivity contribution in [3.05, 3.63) is 94.4 Å². The van der Waals surface area contributed by atoms with Gasteiger partial charge in [-0.1, -0.05) is 50.6 Å². The summed E-state index contributed by atoms with van der Waals surface area (Å²) in [6, 6.07) is 16.8. The average molecular weight is 620 g/mol. The molecular weight excluding hydrogens is 586 g/mol. The molecule has 0 aliphatic carbocycles. The fraction of sp³-hybridized carbons (Fsp3) is 0.312. The first-order chi connectivity index (χ1) is 20.6. The molecule has 5 rings (SSSR count). The van der Waals surface area contributed by atoms with Gasteiger partial charge in [-0.05, 0) is 47.5 Å². The van der Waals surface area contributed by atoms with Crippen molar-refractivity contribution in [1.82, 2.24) is 20.1 Å². The van der Waals surface area contributed by atoms with Gasteiger partial charge in [-0.3, -0.25) is 19.5 Å². The molecule has 2 aromatic heterocycles. The summed E-state index contributed by atoms with van der Waals surface area (Å²) in [7, 11) is 3.19. The van der Waals surface area contributed by atoms with Crippen molar-refractivity contribution in [2.75, 3.05) is 31.4 Å². The van der Waals surface area contributed by atoms with Crippen molar-refractivity contribution in [3.63, 3.8) is 0 Å². The van der Waals surface area contributed by atoms with Crippen LogP contribution in [0.4, 0.5) is 5.82 Å². The van der Waals surface area contributed by atoms with E-state index in [1.54, 1.807) is 48.3 Å². The van der Waals surface area contributed by atoms with Crippen molar-refractivity contribution >= 4 is 41.0 Å². The molecular formula is C32H34ClN5O4S. The van der Waals surface area contributed by atoms with E-state index >= 15 is 0 Å². The highest BCUT2D eigenvalue weighted by atomic mass is 35.5. The first-order valence-corrected chi connectivity index (χ1v) is 15.2. The van der Waals surface area contributed by atoms with Crippen LogP contribution >= 0.6 is 23.4 Å². The Morgan fingerprint density at radius 1 is 1.09 bits per heavy atom. The van der Waals surface area contributed by atoms with Gasteiger partial charge in [0.05, 0.1) is 36.6 Å². The fourth-order valence-electron chi connectivity index (χ4n) is 5.04. The molecule has 3 heterocycles. The molecule has 1 aliphatic heterocycles. The number of rotatable bonds is 8. The maximum Gasteiger partial charge on any atom is 0.240 e. The Morgan fingerprint density at radius 3 is 2.56 bits per heavy atom. The molecule has 0 saturated carbocycles. The number of benzene rings is 2. The van der Waals surface area contributed by atoms with E-state index in [1.807, 2.05) is 42.5 Å². The number of nitrogens with one attached hydrogen (secondary N) is 1. The van der Waals surface area contributed by atoms with Crippen molar-refractivity contribution < 1.29 is 19.1 Å². The first-order valence-electron chi connectivity index (χ1n) is 13.8. The zero-order valence-corrected chi connectivity index (χ0v) is 26.3. The van der Waals surface area contributed by atoms with Crippen LogP contribution in [0.2, 0.25) is 5.02 Å². The molecule has 1 unspecified atom stereocenters. The normalized spacial score (nSPS) is 15.1. The summed E-state index contributed by atoms with van der Waals surface area (Å²) in [6.07, 6.45) is 3.38. The summed E-state index contributed by atoms with van der Waals surface area (Å²) < 4.78 is 12.9. The topological polar surface area (TPSA) is 98.6 Å². The van der Waals surface area contributed by atoms with Crippen molar-refractivity contribution in [3.8, 4) is 17.2 Å². The van der Waals surface area contributed by atoms with Crippen LogP contribution in [0.3, 0.4) is 0 Å². The van der Waals surface area contributed by atoms with Crippen LogP contribution in [0.15, 0.2) is 67.0 Å². The highest BCUT2D eigenvalue weighted by molar-refractivity contribution is 8.00. The third kappa shape index (κ3) is 6.50. The lowest BCUT2D eigenvalue weighted by Gasteiger charge is -2.25. The molecule has 1 N–H and O–H groups in total. The number of carbonyl (C=O) groups excluding carboxylic acids is 2. The number of amides is 2. The number of nitrogens with zero attached hydrogens (tertiary/aromatic N) is 4. The quantitative estimate of drug-likeness (QED) is 0.269. The minimum Gasteiger partial charge on any atom is -0.493 e. The number of anilines is 1. The van der Waals surface area contributed by atoms with Gasteiger partial charge >= 0.3 is 0 Å². The summed E-state index contributed by atoms with van der Waals surface area (Å²) in [6.45, 7) is 6.39. The van der Waals surface area contributed by atoms with Gasteiger partial charge in [-0.25, -0.2) is 4.68 Å². The van der Waals surface area contributed by atoms with Crippen LogP contribution in [-0.2, 0) is 21.5 Å². The van der Waals surface area contributed by atoms with Gasteiger partial charge < -0.3 is 14.8 Å². The highest BCUT2D eigenvalue weighted by Gasteiger charge is 2.40. The van der Waals surface area contributed by atoms with Gasteiger partial charge in [0.1, 0.15) is 12.4 Å². The standard InChI is InChI=1S/C32H34ClN5O4S/c1-32(2,3)30-28-29(21-11-12-24(41-4)25(14-21)42-5)43-19-27(40)37(18-26(39)35-17-20-8-7-13-34-16-20)31(28)38(36-30)23-10-6-9-22(33)15-23/h6-16,29H,17-19H2,1-5H3,(H,35,39). The molecule has 4 aromatic rings. The van der Waals surface area contributed by atoms with Crippen LogP contribution in [0.5, 0.6) is 11.5 Å². The molecule has 2 aromatic carbocycles. The summed E-state index contributed by atoms with van der Waals surface area (Å²) in [5.41, 5.74) is 3.74. The zero-order chi connectivity index (χ0) is 30.7. The predicted molar refractivity (Wildman–Crippen MR) is 170 cm³/mol. The Morgan fingerprint density at radius 2 is 1.88 bits per heavy atom. The Kier molecular flexibility index (Phi) is 8.98. The summed E-state index contributed by atoms with van der Waals surface area (Å²) in [4.78, 5) is 32.9. The minimum atomic E-state index is -0.398. The van der Waals surface area contributed by atoms with Crippen LogP contribution in [0.25, 0.3) is 5.69 Å². The van der Waals surface area contributed by atoms with E-state index in [1.165, 1.54) is 11.8 Å². The van der Waals surface area contributed by atoms with Gasteiger partial charge in [-0.2, -0.15) is 5.10 Å². The van der Waals surface area contributed by atoms with Crippen LogP contribution in [0, 0.1) is 0 Å². The molecule has 2 amide bonds. The SMILES string of the molecule is COc1ccc(C2SCC(=O)N(CC(=O)NCc3cccnc3)c3c2c(C(C)(C)C)nn3-c2cccc(Cl)c2)cc1OC. The smallest absolute Gasteiger partial charge is 0.240 e. The van der Waals surface area contributed by atoms with Gasteiger partial charge in [-0.15, -0.1) is 11.8 Å². The second-order valence-corrected chi connectivity index (χ2v) is 12.7. The van der Waals surface area contributed by atoms with E-state index in [2.05, 4.69) is 31.1 Å². The number of pyridine rings is 1. The lowest BCUT2D eigenvalue weighted by atomic mass is 9.87. The Hall–Kier alpha value is -4.02. The summed E-state index contributed by atoms with van der Waals surface area (Å²) >= 11 is 7.92. The van der Waals surface area contributed by atoms with Gasteiger partial charge in [0.25, 0.3) is 0 Å². The highest BCUT2D eigenvalue weighted by Crippen LogP contribution is 2.49. The number of aromatic nitrogens is 3. The second kappa shape index (κ2) is 12.7. The largest absolute Gasteiger partial charge is 0.493 e. The van der Waals surface area contributed by atoms with E-state index in [0.29, 0.717) is 34.6 Å². The third-order valence-electron chi connectivity index (χ3n) is 7.08. The Balaban J connectivity index is 1.67. The molecule has 0 radical (unpaired) electrons. The second-order valence-electron chi connectivity index (χ2n) is 11.2. The van der Waals surface area contributed by atoms with E-state index < -0.39 is 5.41 Å². The number of fused-ring (bicyclic) bond motifs is 1. The van der Waals surface area contributed by atoms with Crippen molar-refractivity contribution in [2.24, 2.45) is 0 Å². The van der Waals surface area contributed by atoms with Crippen molar-refractivity contribution in [2.45, 2.75) is 38.0 Å². The monoisotopic (exact) mass is 619 g/mol. The maximum atomic E-state index is 13.9. The first kappa shape index (κ1) is 30.4. The number of carbonyl (C=O) groups is 2. The van der Waals surface area contributed by atoms with E-state index in [9.17, 15) is 9.59 Å². The van der Waals surface area contributed by atoms with E-state index in [0.717, 1.165) is 22.4 Å². The summed E-state index contributed by atoms with van der Waals surface area (Å²) in [5, 5.41) is 8.29.